The number of fused-ring (bicyclic) bond motifs is 2. The number of imidazole rings is 1. The molecule has 1 saturated heterocycles. The van der Waals surface area contributed by atoms with Crippen LogP contribution in [-0.2, 0) is 17.8 Å². The smallest absolute Gasteiger partial charge is 0.293 e. The summed E-state index contributed by atoms with van der Waals surface area (Å²) in [5, 5.41) is 4.67. The molecule has 1 fully saturated rings. The lowest BCUT2D eigenvalue weighted by Crippen LogP contribution is -2.44. The minimum Gasteiger partial charge on any atom is -0.492 e. The molecule has 5 rings (SSSR count). The van der Waals surface area contributed by atoms with Crippen LogP contribution >= 0.6 is 0 Å². The van der Waals surface area contributed by atoms with Gasteiger partial charge < -0.3 is 15.4 Å². The van der Waals surface area contributed by atoms with E-state index in [2.05, 4.69) is 41.8 Å². The summed E-state index contributed by atoms with van der Waals surface area (Å²) in [6.07, 6.45) is 8.82. The van der Waals surface area contributed by atoms with Crippen molar-refractivity contribution in [1.82, 2.24) is 19.3 Å². The lowest BCUT2D eigenvalue weighted by Gasteiger charge is -2.31. The Balaban J connectivity index is 1.57. The predicted molar refractivity (Wildman–Crippen MR) is 142 cm³/mol. The molecule has 1 aliphatic carbocycles. The third-order valence-corrected chi connectivity index (χ3v) is 7.16. The fourth-order valence-corrected chi connectivity index (χ4v) is 5.25. The minimum absolute atomic E-state index is 0.0922. The third-order valence-electron chi connectivity index (χ3n) is 7.16. The fourth-order valence-electron chi connectivity index (χ4n) is 5.25. The van der Waals surface area contributed by atoms with Crippen LogP contribution in [0.5, 0.6) is 0 Å². The van der Waals surface area contributed by atoms with Gasteiger partial charge in [0.1, 0.15) is 16.8 Å². The molecule has 0 radical (unpaired) electrons. The first-order chi connectivity index (χ1) is 17.3. The van der Waals surface area contributed by atoms with Crippen LogP contribution in [0.25, 0.3) is 11.0 Å². The molecule has 4 heterocycles. The minimum atomic E-state index is -0.230. The third kappa shape index (κ3) is 4.46. The van der Waals surface area contributed by atoms with Gasteiger partial charge in [-0.05, 0) is 32.8 Å². The zero-order valence-electron chi connectivity index (χ0n) is 21.6. The molecule has 2 unspecified atom stereocenters. The van der Waals surface area contributed by atoms with E-state index < -0.39 is 0 Å². The number of aromatic nitrogens is 4. The van der Waals surface area contributed by atoms with Gasteiger partial charge in [-0.1, -0.05) is 31.9 Å². The number of anilines is 1. The molecule has 9 heteroatoms. The maximum atomic E-state index is 13.8. The molecule has 0 bridgehead atoms. The normalized spacial score (nSPS) is 23.2. The zero-order valence-corrected chi connectivity index (χ0v) is 21.6. The van der Waals surface area contributed by atoms with Gasteiger partial charge in [-0.2, -0.15) is 5.10 Å². The summed E-state index contributed by atoms with van der Waals surface area (Å²) in [6, 6.07) is -0.0281. The largest absolute Gasteiger partial charge is 0.492 e. The highest BCUT2D eigenvalue weighted by atomic mass is 16.5. The molecule has 2 aromatic rings. The summed E-state index contributed by atoms with van der Waals surface area (Å²) in [4.78, 5) is 26.0. The molecule has 36 heavy (non-hydrogen) atoms. The maximum Gasteiger partial charge on any atom is 0.293 e. The van der Waals surface area contributed by atoms with Crippen molar-refractivity contribution in [3.63, 3.8) is 0 Å². The quantitative estimate of drug-likeness (QED) is 0.662. The lowest BCUT2D eigenvalue weighted by molar-refractivity contribution is 0.219. The van der Waals surface area contributed by atoms with Gasteiger partial charge in [0.15, 0.2) is 0 Å². The SMILES string of the molecule is CC#CCn1c(N2CCCC(N)C2)nc2c(C)nn(CC3CCOC4=CC=CC(C)(C)C4=N3)c(=O)c21. The van der Waals surface area contributed by atoms with Crippen molar-refractivity contribution in [1.29, 1.82) is 0 Å². The van der Waals surface area contributed by atoms with Crippen LogP contribution in [0.4, 0.5) is 5.95 Å². The van der Waals surface area contributed by atoms with Crippen molar-refractivity contribution in [2.75, 3.05) is 24.6 Å². The maximum absolute atomic E-state index is 13.8. The summed E-state index contributed by atoms with van der Waals surface area (Å²) in [5.41, 5.74) is 8.67. The van der Waals surface area contributed by atoms with E-state index in [4.69, 9.17) is 20.4 Å². The first kappa shape index (κ1) is 24.3. The van der Waals surface area contributed by atoms with Gasteiger partial charge in [0.25, 0.3) is 5.56 Å². The van der Waals surface area contributed by atoms with Crippen LogP contribution in [0.15, 0.2) is 33.8 Å². The monoisotopic (exact) mass is 489 g/mol. The predicted octanol–water partition coefficient (Wildman–Crippen LogP) is 2.56. The fraction of sp³-hybridized carbons (Fsp3) is 0.556. The molecule has 2 aromatic heterocycles. The van der Waals surface area contributed by atoms with Crippen LogP contribution in [-0.4, -0.2) is 56.8 Å². The van der Waals surface area contributed by atoms with E-state index in [0.717, 1.165) is 42.5 Å². The van der Waals surface area contributed by atoms with E-state index in [-0.39, 0.29) is 23.1 Å². The van der Waals surface area contributed by atoms with Crippen LogP contribution in [0.3, 0.4) is 0 Å². The number of nitrogens with two attached hydrogens (primary N) is 1. The second-order valence-corrected chi connectivity index (χ2v) is 10.4. The van der Waals surface area contributed by atoms with E-state index in [1.54, 1.807) is 11.6 Å². The van der Waals surface area contributed by atoms with E-state index in [0.29, 0.717) is 43.7 Å². The number of aliphatic imine (C=N–C) groups is 1. The average Bonchev–Trinajstić information content (AvgIpc) is 3.10. The van der Waals surface area contributed by atoms with Gasteiger partial charge in [-0.25, -0.2) is 9.67 Å². The summed E-state index contributed by atoms with van der Waals surface area (Å²) in [7, 11) is 0. The number of ether oxygens (including phenoxy) is 1. The number of piperidine rings is 1. The number of nitrogens with zero attached hydrogens (tertiary/aromatic N) is 6. The highest BCUT2D eigenvalue weighted by Gasteiger charge is 2.32. The Morgan fingerprint density at radius 1 is 1.31 bits per heavy atom. The first-order valence-corrected chi connectivity index (χ1v) is 12.8. The van der Waals surface area contributed by atoms with Gasteiger partial charge in [-0.15, -0.1) is 5.92 Å². The molecule has 2 atom stereocenters. The van der Waals surface area contributed by atoms with Gasteiger partial charge in [0.2, 0.25) is 5.95 Å². The van der Waals surface area contributed by atoms with Crippen LogP contribution < -0.4 is 16.2 Å². The van der Waals surface area contributed by atoms with Crippen molar-refractivity contribution in [3.8, 4) is 11.8 Å². The number of rotatable bonds is 4. The molecule has 2 aliphatic heterocycles. The number of hydrogen-bond acceptors (Lipinski definition) is 7. The Kier molecular flexibility index (Phi) is 6.47. The number of hydrogen-bond donors (Lipinski definition) is 1. The van der Waals surface area contributed by atoms with Crippen molar-refractivity contribution >= 4 is 22.7 Å². The van der Waals surface area contributed by atoms with Crippen LogP contribution in [0, 0.1) is 24.2 Å². The van der Waals surface area contributed by atoms with E-state index >= 15 is 0 Å². The summed E-state index contributed by atoms with van der Waals surface area (Å²) >= 11 is 0. The van der Waals surface area contributed by atoms with E-state index in [1.807, 2.05) is 23.6 Å². The van der Waals surface area contributed by atoms with Gasteiger partial charge in [0, 0.05) is 31.0 Å². The van der Waals surface area contributed by atoms with Crippen LogP contribution in [0.1, 0.15) is 45.7 Å². The standard InChI is InChI=1S/C27H35N7O2/c1-5-6-14-33-23-22(30-26(33)32-13-8-9-19(28)16-32)18(2)31-34(25(23)35)17-20-11-15-36-21-10-7-12-27(3,4)24(21)29-20/h7,10,12,19-20H,8-9,11,13-17,28H2,1-4H3. The van der Waals surface area contributed by atoms with E-state index in [1.165, 1.54) is 0 Å². The molecule has 0 aromatic carbocycles. The Bertz CT molecular complexity index is 1380. The Morgan fingerprint density at radius 2 is 2.14 bits per heavy atom. The molecule has 2 N–H and O–H groups in total. The Labute approximate surface area is 211 Å². The molecule has 0 saturated carbocycles. The highest BCUT2D eigenvalue weighted by Crippen LogP contribution is 2.31. The summed E-state index contributed by atoms with van der Waals surface area (Å²) < 4.78 is 9.49. The van der Waals surface area contributed by atoms with Gasteiger partial charge >= 0.3 is 0 Å². The summed E-state index contributed by atoms with van der Waals surface area (Å²) in [5.74, 6) is 7.64. The van der Waals surface area contributed by atoms with Crippen molar-refractivity contribution in [2.24, 2.45) is 16.1 Å². The Hall–Kier alpha value is -3.38. The Morgan fingerprint density at radius 3 is 2.92 bits per heavy atom. The molecule has 3 aliphatic rings. The molecule has 0 spiro atoms. The number of aryl methyl sites for hydroxylation is 1. The van der Waals surface area contributed by atoms with Crippen LogP contribution in [0.2, 0.25) is 0 Å². The first-order valence-electron chi connectivity index (χ1n) is 12.8. The van der Waals surface area contributed by atoms with Gasteiger partial charge in [-0.3, -0.25) is 14.4 Å². The van der Waals surface area contributed by atoms with E-state index in [9.17, 15) is 4.79 Å². The zero-order chi connectivity index (χ0) is 25.4. The van der Waals surface area contributed by atoms with Crippen molar-refractivity contribution < 1.29 is 4.74 Å². The summed E-state index contributed by atoms with van der Waals surface area (Å²) in [6.45, 7) is 10.9. The molecule has 190 valence electrons. The second kappa shape index (κ2) is 9.58. The number of allylic oxidation sites excluding steroid dienone is 4. The van der Waals surface area contributed by atoms with Crippen molar-refractivity contribution in [3.05, 3.63) is 40.0 Å². The lowest BCUT2D eigenvalue weighted by atomic mass is 9.83. The molecular weight excluding hydrogens is 454 g/mol. The van der Waals surface area contributed by atoms with Crippen molar-refractivity contribution in [2.45, 2.75) is 72.1 Å². The molecular formula is C27H35N7O2. The highest BCUT2D eigenvalue weighted by molar-refractivity contribution is 6.05. The topological polar surface area (TPSA) is 104 Å². The molecule has 0 amide bonds. The van der Waals surface area contributed by atoms with Gasteiger partial charge in [0.05, 0.1) is 37.1 Å². The average molecular weight is 490 g/mol. The second-order valence-electron chi connectivity index (χ2n) is 10.4. The molecule has 9 nitrogen and oxygen atoms in total.